The van der Waals surface area contributed by atoms with Crippen LogP contribution in [0.4, 0.5) is 10.5 Å². The summed E-state index contributed by atoms with van der Waals surface area (Å²) < 4.78 is 5.49. The number of nitrogens with one attached hydrogen (secondary N) is 3. The lowest BCUT2D eigenvalue weighted by Gasteiger charge is -2.12. The lowest BCUT2D eigenvalue weighted by molar-refractivity contribution is -0.123. The van der Waals surface area contributed by atoms with Crippen molar-refractivity contribution in [3.63, 3.8) is 0 Å². The van der Waals surface area contributed by atoms with Crippen molar-refractivity contribution in [2.75, 3.05) is 25.0 Å². The van der Waals surface area contributed by atoms with Crippen LogP contribution in [0.1, 0.15) is 26.3 Å². The van der Waals surface area contributed by atoms with Crippen molar-refractivity contribution in [1.82, 2.24) is 10.6 Å². The molecule has 0 atom stereocenters. The van der Waals surface area contributed by atoms with Gasteiger partial charge in [0.05, 0.1) is 6.61 Å². The maximum absolute atomic E-state index is 11.8. The zero-order chi connectivity index (χ0) is 16.5. The molecule has 22 heavy (non-hydrogen) atoms. The highest BCUT2D eigenvalue weighted by Gasteiger charge is 2.07. The molecular formula is C16H25N3O3. The normalized spacial score (nSPS) is 10.2. The van der Waals surface area contributed by atoms with Crippen molar-refractivity contribution >= 4 is 17.6 Å². The maximum Gasteiger partial charge on any atom is 0.319 e. The Kier molecular flexibility index (Phi) is 7.22. The number of hydrogen-bond donors (Lipinski definition) is 3. The van der Waals surface area contributed by atoms with E-state index in [0.29, 0.717) is 25.4 Å². The molecular weight excluding hydrogens is 282 g/mol. The molecule has 6 nitrogen and oxygen atoms in total. The zero-order valence-corrected chi connectivity index (χ0v) is 13.7. The molecule has 0 radical (unpaired) electrons. The first-order chi connectivity index (χ1) is 10.4. The minimum Gasteiger partial charge on any atom is -0.494 e. The van der Waals surface area contributed by atoms with E-state index in [1.54, 1.807) is 6.07 Å². The second-order valence-electron chi connectivity index (χ2n) is 5.24. The molecule has 0 unspecified atom stereocenters. The highest BCUT2D eigenvalue weighted by molar-refractivity contribution is 5.89. The van der Waals surface area contributed by atoms with E-state index in [1.807, 2.05) is 39.8 Å². The van der Waals surface area contributed by atoms with Crippen LogP contribution < -0.4 is 20.7 Å². The third kappa shape index (κ3) is 6.03. The number of aryl methyl sites for hydroxylation is 1. The third-order valence-electron chi connectivity index (χ3n) is 2.98. The number of benzene rings is 1. The number of hydrogen-bond acceptors (Lipinski definition) is 3. The summed E-state index contributed by atoms with van der Waals surface area (Å²) >= 11 is 0. The van der Waals surface area contributed by atoms with Gasteiger partial charge in [-0.15, -0.1) is 0 Å². The van der Waals surface area contributed by atoms with Crippen molar-refractivity contribution < 1.29 is 14.3 Å². The average Bonchev–Trinajstić information content (AvgIpc) is 2.47. The van der Waals surface area contributed by atoms with Gasteiger partial charge in [-0.2, -0.15) is 0 Å². The van der Waals surface area contributed by atoms with Crippen LogP contribution in [0.25, 0.3) is 0 Å². The summed E-state index contributed by atoms with van der Waals surface area (Å²) in [5.41, 5.74) is 1.68. The monoisotopic (exact) mass is 307 g/mol. The topological polar surface area (TPSA) is 79.5 Å². The second-order valence-corrected chi connectivity index (χ2v) is 5.24. The molecule has 0 spiro atoms. The van der Waals surface area contributed by atoms with E-state index in [9.17, 15) is 9.59 Å². The van der Waals surface area contributed by atoms with Gasteiger partial charge >= 0.3 is 6.03 Å². The molecule has 0 saturated heterocycles. The first-order valence-corrected chi connectivity index (χ1v) is 7.50. The van der Waals surface area contributed by atoms with Crippen molar-refractivity contribution in [3.8, 4) is 5.75 Å². The highest BCUT2D eigenvalue weighted by atomic mass is 16.5. The second kappa shape index (κ2) is 8.92. The Balaban J connectivity index is 2.39. The number of urea groups is 1. The van der Waals surface area contributed by atoms with Crippen molar-refractivity contribution in [1.29, 1.82) is 0 Å². The van der Waals surface area contributed by atoms with Crippen molar-refractivity contribution in [2.45, 2.75) is 27.7 Å². The van der Waals surface area contributed by atoms with Crippen LogP contribution in [0.3, 0.4) is 0 Å². The Morgan fingerprint density at radius 3 is 2.50 bits per heavy atom. The van der Waals surface area contributed by atoms with Crippen LogP contribution in [-0.4, -0.2) is 31.6 Å². The third-order valence-corrected chi connectivity index (χ3v) is 2.98. The van der Waals surface area contributed by atoms with Crippen molar-refractivity contribution in [2.24, 2.45) is 5.92 Å². The quantitative estimate of drug-likeness (QED) is 0.676. The summed E-state index contributed by atoms with van der Waals surface area (Å²) in [5.74, 6) is 0.671. The summed E-state index contributed by atoms with van der Waals surface area (Å²) in [6, 6.07) is 5.19. The molecule has 1 aromatic rings. The van der Waals surface area contributed by atoms with Crippen LogP contribution in [0.5, 0.6) is 5.75 Å². The van der Waals surface area contributed by atoms with Crippen LogP contribution >= 0.6 is 0 Å². The first kappa shape index (κ1) is 17.8. The molecule has 0 heterocycles. The lowest BCUT2D eigenvalue weighted by Crippen LogP contribution is -2.38. The predicted octanol–water partition coefficient (Wildman–Crippen LogP) is 2.29. The highest BCUT2D eigenvalue weighted by Crippen LogP contribution is 2.22. The van der Waals surface area contributed by atoms with Gasteiger partial charge in [0.2, 0.25) is 5.91 Å². The van der Waals surface area contributed by atoms with Crippen LogP contribution in [0.2, 0.25) is 0 Å². The van der Waals surface area contributed by atoms with E-state index < -0.39 is 0 Å². The summed E-state index contributed by atoms with van der Waals surface area (Å²) in [5, 5.41) is 8.16. The van der Waals surface area contributed by atoms with Crippen LogP contribution in [0.15, 0.2) is 18.2 Å². The fraction of sp³-hybridized carbons (Fsp3) is 0.500. The standard InChI is InChI=1S/C16H25N3O3/c1-5-22-14-10-13(7-6-12(14)4)19-16(21)18-9-8-17-15(20)11(2)3/h6-7,10-11H,5,8-9H2,1-4H3,(H,17,20)(H2,18,19,21). The largest absolute Gasteiger partial charge is 0.494 e. The van der Waals surface area contributed by atoms with Gasteiger partial charge in [-0.25, -0.2) is 4.79 Å². The number of carbonyl (C=O) groups excluding carboxylic acids is 2. The fourth-order valence-corrected chi connectivity index (χ4v) is 1.73. The zero-order valence-electron chi connectivity index (χ0n) is 13.7. The Bertz CT molecular complexity index is 515. The Morgan fingerprint density at radius 2 is 1.86 bits per heavy atom. The average molecular weight is 307 g/mol. The van der Waals surface area contributed by atoms with Gasteiger partial charge in [0.15, 0.2) is 0 Å². The lowest BCUT2D eigenvalue weighted by atomic mass is 10.2. The molecule has 6 heteroatoms. The molecule has 122 valence electrons. The minimum absolute atomic E-state index is 0.0258. The molecule has 0 bridgehead atoms. The molecule has 3 amide bonds. The van der Waals surface area contributed by atoms with Crippen LogP contribution in [-0.2, 0) is 4.79 Å². The number of anilines is 1. The molecule has 0 aliphatic carbocycles. The van der Waals surface area contributed by atoms with Gasteiger partial charge in [0.1, 0.15) is 5.75 Å². The Labute approximate surface area is 131 Å². The summed E-state index contributed by atoms with van der Waals surface area (Å²) in [6.45, 7) is 8.86. The molecule has 1 aromatic carbocycles. The van der Waals surface area contributed by atoms with Gasteiger partial charge in [0.25, 0.3) is 0 Å². The van der Waals surface area contributed by atoms with E-state index in [4.69, 9.17) is 4.74 Å². The minimum atomic E-state index is -0.315. The number of rotatable bonds is 7. The van der Waals surface area contributed by atoms with Crippen molar-refractivity contribution in [3.05, 3.63) is 23.8 Å². The first-order valence-electron chi connectivity index (χ1n) is 7.50. The van der Waals surface area contributed by atoms with E-state index in [1.165, 1.54) is 0 Å². The SMILES string of the molecule is CCOc1cc(NC(=O)NCCNC(=O)C(C)C)ccc1C. The number of carbonyl (C=O) groups is 2. The molecule has 0 saturated carbocycles. The molecule has 3 N–H and O–H groups in total. The van der Waals surface area contributed by atoms with Gasteiger partial charge in [-0.3, -0.25) is 4.79 Å². The summed E-state index contributed by atoms with van der Waals surface area (Å²) in [4.78, 5) is 23.1. The Hall–Kier alpha value is -2.24. The summed E-state index contributed by atoms with van der Waals surface area (Å²) in [7, 11) is 0. The molecule has 0 aliphatic heterocycles. The van der Waals surface area contributed by atoms with E-state index >= 15 is 0 Å². The number of ether oxygens (including phenoxy) is 1. The maximum atomic E-state index is 11.8. The van der Waals surface area contributed by atoms with Gasteiger partial charge in [-0.1, -0.05) is 19.9 Å². The smallest absolute Gasteiger partial charge is 0.319 e. The fourth-order valence-electron chi connectivity index (χ4n) is 1.73. The van der Waals surface area contributed by atoms with E-state index in [-0.39, 0.29) is 17.9 Å². The van der Waals surface area contributed by atoms with Gasteiger partial charge < -0.3 is 20.7 Å². The van der Waals surface area contributed by atoms with Crippen LogP contribution in [0, 0.1) is 12.8 Å². The summed E-state index contributed by atoms with van der Waals surface area (Å²) in [6.07, 6.45) is 0. The van der Waals surface area contributed by atoms with E-state index in [2.05, 4.69) is 16.0 Å². The van der Waals surface area contributed by atoms with E-state index in [0.717, 1.165) is 11.3 Å². The predicted molar refractivity (Wildman–Crippen MR) is 87.2 cm³/mol. The molecule has 0 fully saturated rings. The molecule has 0 aliphatic rings. The number of amides is 3. The molecule has 0 aromatic heterocycles. The van der Waals surface area contributed by atoms with Gasteiger partial charge in [0, 0.05) is 30.8 Å². The Morgan fingerprint density at radius 1 is 1.18 bits per heavy atom. The van der Waals surface area contributed by atoms with Gasteiger partial charge in [-0.05, 0) is 25.5 Å². The molecule has 1 rings (SSSR count).